The smallest absolute Gasteiger partial charge is 0.242 e. The number of primary amides is 1. The van der Waals surface area contributed by atoms with Gasteiger partial charge in [-0.05, 0) is 37.7 Å². The number of rotatable bonds is 5. The van der Waals surface area contributed by atoms with Crippen LogP contribution in [0.5, 0.6) is 0 Å². The van der Waals surface area contributed by atoms with E-state index in [9.17, 15) is 4.79 Å². The molecule has 116 valence electrons. The molecule has 4 heteroatoms. The SMILES string of the molecule is CC1CCC(C)N(CCC(N)(C(N)=O)c2ccccc2)C1. The minimum absolute atomic E-state index is 0.452. The van der Waals surface area contributed by atoms with E-state index in [4.69, 9.17) is 11.5 Å². The van der Waals surface area contributed by atoms with Gasteiger partial charge in [0.25, 0.3) is 0 Å². The lowest BCUT2D eigenvalue weighted by Gasteiger charge is -2.38. The first-order valence-corrected chi connectivity index (χ1v) is 7.82. The highest BCUT2D eigenvalue weighted by molar-refractivity contribution is 5.85. The first kappa shape index (κ1) is 16.0. The van der Waals surface area contributed by atoms with Crippen molar-refractivity contribution in [2.45, 2.75) is 44.7 Å². The summed E-state index contributed by atoms with van der Waals surface area (Å²) in [6, 6.07) is 10.0. The zero-order chi connectivity index (χ0) is 15.5. The summed E-state index contributed by atoms with van der Waals surface area (Å²) < 4.78 is 0. The van der Waals surface area contributed by atoms with Gasteiger partial charge in [-0.25, -0.2) is 0 Å². The molecule has 1 heterocycles. The predicted molar refractivity (Wildman–Crippen MR) is 85.6 cm³/mol. The molecule has 1 aliphatic rings. The number of nitrogens with two attached hydrogens (primary N) is 2. The quantitative estimate of drug-likeness (QED) is 0.868. The van der Waals surface area contributed by atoms with Crippen molar-refractivity contribution in [1.82, 2.24) is 4.90 Å². The van der Waals surface area contributed by atoms with E-state index in [1.54, 1.807) is 0 Å². The van der Waals surface area contributed by atoms with Crippen molar-refractivity contribution in [1.29, 1.82) is 0 Å². The molecule has 4 N–H and O–H groups in total. The standard InChI is InChI=1S/C17H27N3O/c1-13-8-9-14(2)20(12-13)11-10-17(19,16(18)21)15-6-4-3-5-7-15/h3-7,13-14H,8-12,19H2,1-2H3,(H2,18,21). The Kier molecular flexibility index (Phi) is 5.01. The van der Waals surface area contributed by atoms with Crippen molar-refractivity contribution >= 4 is 5.91 Å². The maximum Gasteiger partial charge on any atom is 0.242 e. The molecule has 1 aromatic rings. The van der Waals surface area contributed by atoms with Crippen molar-refractivity contribution in [3.8, 4) is 0 Å². The van der Waals surface area contributed by atoms with Crippen LogP contribution in [0.3, 0.4) is 0 Å². The minimum atomic E-state index is -1.08. The second kappa shape index (κ2) is 6.58. The molecule has 4 nitrogen and oxygen atoms in total. The van der Waals surface area contributed by atoms with Crippen LogP contribution in [-0.4, -0.2) is 29.9 Å². The average Bonchev–Trinajstić information content (AvgIpc) is 2.48. The highest BCUT2D eigenvalue weighted by Crippen LogP contribution is 2.26. The number of carbonyl (C=O) groups excluding carboxylic acids is 1. The summed E-state index contributed by atoms with van der Waals surface area (Å²) in [5.41, 5.74) is 11.7. The van der Waals surface area contributed by atoms with Gasteiger partial charge in [0.2, 0.25) is 5.91 Å². The molecular formula is C17H27N3O. The van der Waals surface area contributed by atoms with Crippen LogP contribution < -0.4 is 11.5 Å². The first-order chi connectivity index (χ1) is 9.93. The molecule has 1 fully saturated rings. The van der Waals surface area contributed by atoms with E-state index in [2.05, 4.69) is 18.7 Å². The largest absolute Gasteiger partial charge is 0.368 e. The first-order valence-electron chi connectivity index (χ1n) is 7.82. The Labute approximate surface area is 127 Å². The number of likely N-dealkylation sites (tertiary alicyclic amines) is 1. The molecular weight excluding hydrogens is 262 g/mol. The van der Waals surface area contributed by atoms with Crippen LogP contribution in [0, 0.1) is 5.92 Å². The Balaban J connectivity index is 2.09. The molecule has 1 saturated heterocycles. The topological polar surface area (TPSA) is 72.3 Å². The van der Waals surface area contributed by atoms with E-state index in [1.165, 1.54) is 12.8 Å². The predicted octanol–water partition coefficient (Wildman–Crippen LogP) is 1.84. The van der Waals surface area contributed by atoms with Crippen molar-refractivity contribution < 1.29 is 4.79 Å². The van der Waals surface area contributed by atoms with Crippen LogP contribution in [0.1, 0.15) is 38.7 Å². The molecule has 0 aromatic heterocycles. The maximum atomic E-state index is 11.9. The molecule has 1 aromatic carbocycles. The molecule has 1 amide bonds. The lowest BCUT2D eigenvalue weighted by molar-refractivity contribution is -0.124. The van der Waals surface area contributed by atoms with Crippen molar-refractivity contribution in [3.05, 3.63) is 35.9 Å². The fourth-order valence-corrected chi connectivity index (χ4v) is 3.16. The van der Waals surface area contributed by atoms with Gasteiger partial charge >= 0.3 is 0 Å². The van der Waals surface area contributed by atoms with E-state index >= 15 is 0 Å². The minimum Gasteiger partial charge on any atom is -0.368 e. The van der Waals surface area contributed by atoms with Crippen LogP contribution in [0.15, 0.2) is 30.3 Å². The number of carbonyl (C=O) groups is 1. The molecule has 3 unspecified atom stereocenters. The highest BCUT2D eigenvalue weighted by Gasteiger charge is 2.35. The average molecular weight is 289 g/mol. The van der Waals surface area contributed by atoms with E-state index in [0.29, 0.717) is 18.4 Å². The van der Waals surface area contributed by atoms with Crippen LogP contribution in [-0.2, 0) is 10.3 Å². The Morgan fingerprint density at radius 3 is 2.57 bits per heavy atom. The summed E-state index contributed by atoms with van der Waals surface area (Å²) in [6.45, 7) is 6.40. The Morgan fingerprint density at radius 2 is 1.95 bits per heavy atom. The highest BCUT2D eigenvalue weighted by atomic mass is 16.1. The Bertz CT molecular complexity index is 476. The van der Waals surface area contributed by atoms with Crippen molar-refractivity contribution in [2.75, 3.05) is 13.1 Å². The van der Waals surface area contributed by atoms with E-state index in [-0.39, 0.29) is 0 Å². The number of amides is 1. The van der Waals surface area contributed by atoms with Gasteiger partial charge < -0.3 is 16.4 Å². The fourth-order valence-electron chi connectivity index (χ4n) is 3.16. The molecule has 0 bridgehead atoms. The van der Waals surface area contributed by atoms with Gasteiger partial charge in [0, 0.05) is 19.1 Å². The van der Waals surface area contributed by atoms with Gasteiger partial charge in [-0.15, -0.1) is 0 Å². The fraction of sp³-hybridized carbons (Fsp3) is 0.588. The van der Waals surface area contributed by atoms with Gasteiger partial charge in [0.05, 0.1) is 0 Å². The van der Waals surface area contributed by atoms with E-state index < -0.39 is 11.4 Å². The summed E-state index contributed by atoms with van der Waals surface area (Å²) in [4.78, 5) is 14.4. The summed E-state index contributed by atoms with van der Waals surface area (Å²) in [6.07, 6.45) is 3.05. The van der Waals surface area contributed by atoms with Gasteiger partial charge in [-0.2, -0.15) is 0 Å². The Hall–Kier alpha value is -1.39. The molecule has 0 aliphatic carbocycles. The van der Waals surface area contributed by atoms with Gasteiger partial charge in [0.1, 0.15) is 5.54 Å². The summed E-state index contributed by atoms with van der Waals surface area (Å²) in [5.74, 6) is 0.255. The van der Waals surface area contributed by atoms with Gasteiger partial charge in [0.15, 0.2) is 0 Å². The number of nitrogens with zero attached hydrogens (tertiary/aromatic N) is 1. The third-order valence-corrected chi connectivity index (χ3v) is 4.77. The maximum absolute atomic E-state index is 11.9. The van der Waals surface area contributed by atoms with Gasteiger partial charge in [-0.1, -0.05) is 37.3 Å². The molecule has 0 saturated carbocycles. The second-order valence-electron chi connectivity index (χ2n) is 6.48. The number of hydrogen-bond acceptors (Lipinski definition) is 3. The van der Waals surface area contributed by atoms with Crippen LogP contribution >= 0.6 is 0 Å². The van der Waals surface area contributed by atoms with E-state index in [1.807, 2.05) is 30.3 Å². The van der Waals surface area contributed by atoms with Crippen molar-refractivity contribution in [2.24, 2.45) is 17.4 Å². The van der Waals surface area contributed by atoms with Gasteiger partial charge in [-0.3, -0.25) is 4.79 Å². The van der Waals surface area contributed by atoms with Crippen LogP contribution in [0.4, 0.5) is 0 Å². The third-order valence-electron chi connectivity index (χ3n) is 4.77. The molecule has 3 atom stereocenters. The molecule has 0 radical (unpaired) electrons. The second-order valence-corrected chi connectivity index (χ2v) is 6.48. The monoisotopic (exact) mass is 289 g/mol. The number of benzene rings is 1. The van der Waals surface area contributed by atoms with E-state index in [0.717, 1.165) is 18.7 Å². The van der Waals surface area contributed by atoms with Crippen LogP contribution in [0.25, 0.3) is 0 Å². The number of hydrogen-bond donors (Lipinski definition) is 2. The zero-order valence-corrected chi connectivity index (χ0v) is 13.1. The summed E-state index contributed by atoms with van der Waals surface area (Å²) in [5, 5.41) is 0. The molecule has 1 aliphatic heterocycles. The zero-order valence-electron chi connectivity index (χ0n) is 13.1. The molecule has 0 spiro atoms. The van der Waals surface area contributed by atoms with Crippen LogP contribution in [0.2, 0.25) is 0 Å². The normalized spacial score (nSPS) is 26.2. The molecule has 2 rings (SSSR count). The lowest BCUT2D eigenvalue weighted by atomic mass is 9.86. The Morgan fingerprint density at radius 1 is 1.29 bits per heavy atom. The molecule has 21 heavy (non-hydrogen) atoms. The summed E-state index contributed by atoms with van der Waals surface area (Å²) >= 11 is 0. The third kappa shape index (κ3) is 3.63. The summed E-state index contributed by atoms with van der Waals surface area (Å²) in [7, 11) is 0. The van der Waals surface area contributed by atoms with Crippen molar-refractivity contribution in [3.63, 3.8) is 0 Å². The number of piperidine rings is 1. The lowest BCUT2D eigenvalue weighted by Crippen LogP contribution is -2.52.